The molecule has 0 radical (unpaired) electrons. The Bertz CT molecular complexity index is 846. The van der Waals surface area contributed by atoms with Gasteiger partial charge in [-0.05, 0) is 31.0 Å². The first-order valence-corrected chi connectivity index (χ1v) is 8.96. The van der Waals surface area contributed by atoms with E-state index in [4.69, 9.17) is 14.2 Å². The van der Waals surface area contributed by atoms with E-state index in [0.29, 0.717) is 26.3 Å². The summed E-state index contributed by atoms with van der Waals surface area (Å²) in [7, 11) is 0. The topological polar surface area (TPSA) is 87.5 Å². The fourth-order valence-corrected chi connectivity index (χ4v) is 3.37. The van der Waals surface area contributed by atoms with Crippen LogP contribution in [0.15, 0.2) is 18.2 Å². The lowest BCUT2D eigenvalue weighted by Crippen LogP contribution is -2.33. The fraction of sp³-hybridized carbons (Fsp3) is 0.500. The molecule has 5 rings (SSSR count). The van der Waals surface area contributed by atoms with Crippen molar-refractivity contribution in [3.63, 3.8) is 0 Å². The van der Waals surface area contributed by atoms with Crippen LogP contribution in [-0.4, -0.2) is 40.8 Å². The first-order valence-electron chi connectivity index (χ1n) is 8.96. The molecule has 8 heteroatoms. The van der Waals surface area contributed by atoms with E-state index >= 15 is 0 Å². The average molecular weight is 356 g/mol. The molecule has 2 aromatic rings. The van der Waals surface area contributed by atoms with Gasteiger partial charge in [-0.25, -0.2) is 4.68 Å². The van der Waals surface area contributed by atoms with Crippen LogP contribution in [0.2, 0.25) is 0 Å². The third-order valence-corrected chi connectivity index (χ3v) is 5.02. The summed E-state index contributed by atoms with van der Waals surface area (Å²) in [5, 5.41) is 11.7. The zero-order valence-electron chi connectivity index (χ0n) is 14.3. The van der Waals surface area contributed by atoms with Gasteiger partial charge in [-0.15, -0.1) is 5.10 Å². The second-order valence-electron chi connectivity index (χ2n) is 7.04. The van der Waals surface area contributed by atoms with E-state index in [1.807, 2.05) is 22.9 Å². The fourth-order valence-electron chi connectivity index (χ4n) is 3.37. The number of carbonyl (C=O) groups excluding carboxylic acids is 1. The molecule has 1 atom stereocenters. The number of ether oxygens (including phenoxy) is 3. The van der Waals surface area contributed by atoms with Gasteiger partial charge in [0.1, 0.15) is 5.69 Å². The summed E-state index contributed by atoms with van der Waals surface area (Å²) in [6.07, 6.45) is 2.03. The normalized spacial score (nSPS) is 21.2. The van der Waals surface area contributed by atoms with Gasteiger partial charge in [-0.2, -0.15) is 0 Å². The van der Waals surface area contributed by atoms with Crippen molar-refractivity contribution in [1.82, 2.24) is 20.3 Å². The minimum Gasteiger partial charge on any atom is -0.454 e. The lowest BCUT2D eigenvalue weighted by molar-refractivity contribution is -0.122. The van der Waals surface area contributed by atoms with Crippen LogP contribution in [0, 0.1) is 11.8 Å². The number of carbonyl (C=O) groups is 1. The predicted octanol–water partition coefficient (Wildman–Crippen LogP) is 1.35. The van der Waals surface area contributed by atoms with Crippen LogP contribution >= 0.6 is 0 Å². The summed E-state index contributed by atoms with van der Waals surface area (Å²) in [4.78, 5) is 11.9. The number of amides is 1. The van der Waals surface area contributed by atoms with Crippen LogP contribution in [0.4, 0.5) is 0 Å². The number of rotatable bonds is 4. The Balaban J connectivity index is 1.33. The molecule has 0 bridgehead atoms. The quantitative estimate of drug-likeness (QED) is 0.890. The van der Waals surface area contributed by atoms with Gasteiger partial charge in [0.05, 0.1) is 18.9 Å². The van der Waals surface area contributed by atoms with E-state index in [0.717, 1.165) is 41.3 Å². The maximum Gasteiger partial charge on any atom is 0.231 e. The van der Waals surface area contributed by atoms with E-state index in [1.165, 1.54) is 0 Å². The van der Waals surface area contributed by atoms with Crippen molar-refractivity contribution in [2.24, 2.45) is 11.8 Å². The first-order chi connectivity index (χ1) is 12.8. The molecule has 26 heavy (non-hydrogen) atoms. The molecule has 0 spiro atoms. The molecule has 0 saturated heterocycles. The Morgan fingerprint density at radius 1 is 1.27 bits per heavy atom. The third-order valence-electron chi connectivity index (χ3n) is 5.02. The monoisotopic (exact) mass is 356 g/mol. The summed E-state index contributed by atoms with van der Waals surface area (Å²) >= 11 is 0. The van der Waals surface area contributed by atoms with E-state index in [-0.39, 0.29) is 24.5 Å². The zero-order chi connectivity index (χ0) is 17.5. The highest BCUT2D eigenvalue weighted by molar-refractivity contribution is 5.80. The van der Waals surface area contributed by atoms with Gasteiger partial charge >= 0.3 is 0 Å². The first kappa shape index (κ1) is 15.6. The van der Waals surface area contributed by atoms with Crippen molar-refractivity contribution < 1.29 is 19.0 Å². The Labute approximate surface area is 150 Å². The molecule has 1 aliphatic carbocycles. The van der Waals surface area contributed by atoms with Gasteiger partial charge < -0.3 is 19.5 Å². The zero-order valence-corrected chi connectivity index (χ0v) is 14.3. The molecule has 1 fully saturated rings. The highest BCUT2D eigenvalue weighted by Crippen LogP contribution is 2.36. The molecule has 8 nitrogen and oxygen atoms in total. The second kappa shape index (κ2) is 6.28. The molecule has 3 aliphatic rings. The Kier molecular flexibility index (Phi) is 3.77. The van der Waals surface area contributed by atoms with Crippen molar-refractivity contribution in [1.29, 1.82) is 0 Å². The number of nitrogens with zero attached hydrogens (tertiary/aromatic N) is 3. The highest BCUT2D eigenvalue weighted by Gasteiger charge is 2.30. The Hall–Kier alpha value is -2.61. The van der Waals surface area contributed by atoms with Crippen LogP contribution in [0.3, 0.4) is 0 Å². The van der Waals surface area contributed by atoms with Crippen molar-refractivity contribution >= 4 is 5.91 Å². The number of hydrogen-bond acceptors (Lipinski definition) is 6. The lowest BCUT2D eigenvalue weighted by Gasteiger charge is -2.14. The molecular weight excluding hydrogens is 336 g/mol. The smallest absolute Gasteiger partial charge is 0.231 e. The molecule has 0 unspecified atom stereocenters. The molecule has 1 saturated carbocycles. The highest BCUT2D eigenvalue weighted by atomic mass is 16.7. The van der Waals surface area contributed by atoms with E-state index in [1.54, 1.807) is 0 Å². The largest absolute Gasteiger partial charge is 0.454 e. The molecule has 3 heterocycles. The van der Waals surface area contributed by atoms with Gasteiger partial charge in [-0.3, -0.25) is 4.79 Å². The van der Waals surface area contributed by atoms with Gasteiger partial charge in [0.2, 0.25) is 12.7 Å². The van der Waals surface area contributed by atoms with Gasteiger partial charge in [0, 0.05) is 30.5 Å². The number of hydrogen-bond donors (Lipinski definition) is 1. The van der Waals surface area contributed by atoms with Crippen molar-refractivity contribution in [3.8, 4) is 22.8 Å². The summed E-state index contributed by atoms with van der Waals surface area (Å²) in [5.74, 6) is 2.04. The van der Waals surface area contributed by atoms with E-state index in [9.17, 15) is 4.79 Å². The predicted molar refractivity (Wildman–Crippen MR) is 90.5 cm³/mol. The van der Waals surface area contributed by atoms with E-state index in [2.05, 4.69) is 15.6 Å². The Morgan fingerprint density at radius 2 is 2.15 bits per heavy atom. The number of fused-ring (bicyclic) bond motifs is 2. The van der Waals surface area contributed by atoms with Crippen LogP contribution in [0.1, 0.15) is 18.5 Å². The molecule has 1 aromatic heterocycles. The van der Waals surface area contributed by atoms with E-state index < -0.39 is 0 Å². The van der Waals surface area contributed by atoms with Crippen LogP contribution in [0.25, 0.3) is 11.3 Å². The van der Waals surface area contributed by atoms with Crippen molar-refractivity contribution in [2.45, 2.75) is 26.0 Å². The molecule has 136 valence electrons. The molecule has 2 aliphatic heterocycles. The van der Waals surface area contributed by atoms with Crippen LogP contribution in [0.5, 0.6) is 11.5 Å². The molecular formula is C18H20N4O4. The standard InChI is InChI=1S/C18H20N4O4/c23-18(12-1-2-12)19-6-11-7-22-14(9-24-8-11)17(20-21-22)13-3-4-15-16(5-13)26-10-25-15/h3-5,11-12H,1-2,6-10H2,(H,19,23)/t11-/m1/s1. The van der Waals surface area contributed by atoms with Crippen LogP contribution in [-0.2, 0) is 22.7 Å². The Morgan fingerprint density at radius 3 is 3.04 bits per heavy atom. The minimum absolute atomic E-state index is 0.161. The van der Waals surface area contributed by atoms with Gasteiger partial charge in [-0.1, -0.05) is 5.21 Å². The lowest BCUT2D eigenvalue weighted by atomic mass is 10.1. The van der Waals surface area contributed by atoms with Gasteiger partial charge in [0.15, 0.2) is 11.5 Å². The molecule has 1 amide bonds. The second-order valence-corrected chi connectivity index (χ2v) is 7.04. The maximum absolute atomic E-state index is 11.9. The number of aromatic nitrogens is 3. The summed E-state index contributed by atoms with van der Waals surface area (Å²) in [6.45, 7) is 2.57. The summed E-state index contributed by atoms with van der Waals surface area (Å²) < 4.78 is 18.6. The molecule has 1 N–H and O–H groups in total. The van der Waals surface area contributed by atoms with Crippen LogP contribution < -0.4 is 14.8 Å². The maximum atomic E-state index is 11.9. The number of benzene rings is 1. The van der Waals surface area contributed by atoms with Crippen molar-refractivity contribution in [3.05, 3.63) is 23.9 Å². The summed E-state index contributed by atoms with van der Waals surface area (Å²) in [6, 6.07) is 5.76. The summed E-state index contributed by atoms with van der Waals surface area (Å²) in [5.41, 5.74) is 2.67. The van der Waals surface area contributed by atoms with Crippen molar-refractivity contribution in [2.75, 3.05) is 19.9 Å². The number of nitrogens with one attached hydrogen (secondary N) is 1. The van der Waals surface area contributed by atoms with Gasteiger partial charge in [0.25, 0.3) is 0 Å². The SMILES string of the molecule is O=C(NC[C@H]1COCc2c(-c3ccc4c(c3)OCO4)nnn2C1)C1CC1. The third kappa shape index (κ3) is 2.90. The minimum atomic E-state index is 0.161. The average Bonchev–Trinajstić information content (AvgIpc) is 3.34. The molecule has 1 aromatic carbocycles.